The quantitative estimate of drug-likeness (QED) is 0.517. The number of benzene rings is 1. The van der Waals surface area contributed by atoms with Crippen LogP contribution in [0.4, 0.5) is 0 Å². The summed E-state index contributed by atoms with van der Waals surface area (Å²) in [6.07, 6.45) is 3.22. The van der Waals surface area contributed by atoms with Crippen molar-refractivity contribution in [2.24, 2.45) is 5.92 Å². The highest BCUT2D eigenvalue weighted by Crippen LogP contribution is 2.44. The molecule has 1 aliphatic rings. The summed E-state index contributed by atoms with van der Waals surface area (Å²) in [7, 11) is 0. The summed E-state index contributed by atoms with van der Waals surface area (Å²) >= 11 is 1.61. The summed E-state index contributed by atoms with van der Waals surface area (Å²) in [5.41, 5.74) is 1.65. The molecular weight excluding hydrogens is 416 g/mol. The number of imidazole rings is 1. The highest BCUT2D eigenvalue weighted by molar-refractivity contribution is 7.99. The van der Waals surface area contributed by atoms with Gasteiger partial charge in [0, 0.05) is 17.2 Å². The summed E-state index contributed by atoms with van der Waals surface area (Å²) < 4.78 is 12.4. The molecule has 0 N–H and O–H groups in total. The maximum atomic E-state index is 13.3. The van der Waals surface area contributed by atoms with Gasteiger partial charge in [0.25, 0.3) is 0 Å². The first-order chi connectivity index (χ1) is 15.1. The molecule has 0 aliphatic carbocycles. The summed E-state index contributed by atoms with van der Waals surface area (Å²) in [6.45, 7) is 4.09. The molecular formula is C22H24N4O4S. The van der Waals surface area contributed by atoms with Crippen LogP contribution in [0, 0.1) is 5.92 Å². The largest absolute Gasteiger partial charge is 0.466 e. The molecule has 3 heterocycles. The van der Waals surface area contributed by atoms with E-state index in [2.05, 4.69) is 15.0 Å². The predicted molar refractivity (Wildman–Crippen MR) is 117 cm³/mol. The first-order valence-corrected chi connectivity index (χ1v) is 11.4. The molecule has 0 radical (unpaired) electrons. The average Bonchev–Trinajstić information content (AvgIpc) is 3.39. The van der Waals surface area contributed by atoms with Crippen molar-refractivity contribution in [3.63, 3.8) is 0 Å². The van der Waals surface area contributed by atoms with Crippen LogP contribution in [-0.4, -0.2) is 56.2 Å². The molecule has 0 saturated carbocycles. The molecule has 0 bridgehead atoms. The minimum atomic E-state index is -1.09. The number of hydrogen-bond acceptors (Lipinski definition) is 8. The molecule has 1 aliphatic heterocycles. The monoisotopic (exact) mass is 440 g/mol. The lowest BCUT2D eigenvalue weighted by molar-refractivity contribution is -0.156. The molecule has 9 heteroatoms. The van der Waals surface area contributed by atoms with Crippen LogP contribution < -0.4 is 0 Å². The second-order valence-corrected chi connectivity index (χ2v) is 8.27. The van der Waals surface area contributed by atoms with Crippen molar-refractivity contribution < 1.29 is 19.1 Å². The first-order valence-electron chi connectivity index (χ1n) is 10.3. The lowest BCUT2D eigenvalue weighted by Gasteiger charge is -2.33. The molecule has 0 amide bonds. The zero-order valence-corrected chi connectivity index (χ0v) is 18.3. The third-order valence-electron chi connectivity index (χ3n) is 5.47. The molecule has 162 valence electrons. The van der Waals surface area contributed by atoms with E-state index in [1.165, 1.54) is 6.33 Å². The van der Waals surface area contributed by atoms with Crippen LogP contribution in [0.15, 0.2) is 43.0 Å². The number of aromatic nitrogens is 4. The molecule has 8 nitrogen and oxygen atoms in total. The Balaban J connectivity index is 1.85. The Morgan fingerprint density at radius 3 is 2.65 bits per heavy atom. The number of carbonyl (C=O) groups is 2. The molecule has 1 saturated heterocycles. The van der Waals surface area contributed by atoms with Crippen LogP contribution in [0.3, 0.4) is 0 Å². The molecule has 1 aromatic carbocycles. The van der Waals surface area contributed by atoms with Gasteiger partial charge in [-0.3, -0.25) is 9.36 Å². The number of fused-ring (bicyclic) bond motifs is 1. The van der Waals surface area contributed by atoms with E-state index in [1.807, 2.05) is 30.3 Å². The van der Waals surface area contributed by atoms with Crippen molar-refractivity contribution in [2.75, 3.05) is 24.7 Å². The highest BCUT2D eigenvalue weighted by Gasteiger charge is 2.54. The van der Waals surface area contributed by atoms with Crippen LogP contribution in [0.25, 0.3) is 22.4 Å². The number of rotatable bonds is 7. The zero-order chi connectivity index (χ0) is 21.8. The third-order valence-corrected chi connectivity index (χ3v) is 6.76. The van der Waals surface area contributed by atoms with Crippen molar-refractivity contribution in [1.29, 1.82) is 0 Å². The van der Waals surface area contributed by atoms with Crippen LogP contribution in [0.2, 0.25) is 0 Å². The maximum absolute atomic E-state index is 13.3. The minimum Gasteiger partial charge on any atom is -0.466 e. The Bertz CT molecular complexity index is 1090. The fourth-order valence-electron chi connectivity index (χ4n) is 4.04. The van der Waals surface area contributed by atoms with Gasteiger partial charge in [0.05, 0.1) is 26.0 Å². The molecule has 3 aromatic rings. The van der Waals surface area contributed by atoms with E-state index in [1.54, 1.807) is 36.5 Å². The second kappa shape index (κ2) is 9.05. The number of nitrogens with zero attached hydrogens (tertiary/aromatic N) is 4. The number of carbonyl (C=O) groups excluding carboxylic acids is 2. The number of ether oxygens (including phenoxy) is 2. The second-order valence-electron chi connectivity index (χ2n) is 7.24. The van der Waals surface area contributed by atoms with Gasteiger partial charge in [0.2, 0.25) is 0 Å². The smallest absolute Gasteiger partial charge is 0.333 e. The lowest BCUT2D eigenvalue weighted by Crippen LogP contribution is -2.49. The summed E-state index contributed by atoms with van der Waals surface area (Å²) in [5, 5.41) is 0. The van der Waals surface area contributed by atoms with Gasteiger partial charge in [-0.25, -0.2) is 19.7 Å². The van der Waals surface area contributed by atoms with Crippen molar-refractivity contribution in [1.82, 2.24) is 19.5 Å². The van der Waals surface area contributed by atoms with Crippen molar-refractivity contribution >= 4 is 34.9 Å². The number of thioether (sulfide) groups is 1. The molecule has 4 rings (SSSR count). The van der Waals surface area contributed by atoms with E-state index in [9.17, 15) is 9.59 Å². The fraction of sp³-hybridized carbons (Fsp3) is 0.409. The maximum Gasteiger partial charge on any atom is 0.333 e. The van der Waals surface area contributed by atoms with Gasteiger partial charge < -0.3 is 9.47 Å². The standard InChI is InChI=1S/C22H24N4O4S/c1-3-29-17(27)10-16-11-31-12-22(16,21(28)30-4-2)26-14-25-19-18(23-13-24-20(19)26)15-8-6-5-7-9-15/h5-9,13-14,16H,3-4,10-12H2,1-2H3/t16-,22-/m0/s1. The van der Waals surface area contributed by atoms with Crippen molar-refractivity contribution in [3.8, 4) is 11.3 Å². The number of esters is 2. The van der Waals surface area contributed by atoms with Gasteiger partial charge in [-0.1, -0.05) is 30.3 Å². The lowest BCUT2D eigenvalue weighted by atomic mass is 9.84. The van der Waals surface area contributed by atoms with Gasteiger partial charge in [-0.05, 0) is 19.6 Å². The average molecular weight is 441 g/mol. The van der Waals surface area contributed by atoms with Crippen LogP contribution in [0.5, 0.6) is 0 Å². The van der Waals surface area contributed by atoms with E-state index < -0.39 is 5.54 Å². The Kier molecular flexibility index (Phi) is 6.22. The Morgan fingerprint density at radius 2 is 1.90 bits per heavy atom. The van der Waals surface area contributed by atoms with Gasteiger partial charge in [-0.15, -0.1) is 0 Å². The zero-order valence-electron chi connectivity index (χ0n) is 17.5. The Morgan fingerprint density at radius 1 is 1.13 bits per heavy atom. The van der Waals surface area contributed by atoms with E-state index in [0.717, 1.165) is 5.56 Å². The van der Waals surface area contributed by atoms with Crippen molar-refractivity contribution in [3.05, 3.63) is 43.0 Å². The van der Waals surface area contributed by atoms with E-state index in [4.69, 9.17) is 9.47 Å². The normalized spacial score (nSPS) is 20.6. The molecule has 2 aromatic heterocycles. The third kappa shape index (κ3) is 3.78. The highest BCUT2D eigenvalue weighted by atomic mass is 32.2. The van der Waals surface area contributed by atoms with Gasteiger partial charge in [0.1, 0.15) is 17.5 Å². The van der Waals surface area contributed by atoms with Crippen LogP contribution >= 0.6 is 11.8 Å². The molecule has 31 heavy (non-hydrogen) atoms. The molecule has 0 unspecified atom stereocenters. The summed E-state index contributed by atoms with van der Waals surface area (Å²) in [5.74, 6) is 0.0873. The topological polar surface area (TPSA) is 96.2 Å². The Hall–Kier alpha value is -2.94. The van der Waals surface area contributed by atoms with Gasteiger partial charge in [0.15, 0.2) is 11.2 Å². The summed E-state index contributed by atoms with van der Waals surface area (Å²) in [6, 6.07) is 9.71. The minimum absolute atomic E-state index is 0.121. The van der Waals surface area contributed by atoms with E-state index in [0.29, 0.717) is 35.0 Å². The Labute approximate surface area is 184 Å². The molecule has 2 atom stereocenters. The molecule has 1 fully saturated rings. The van der Waals surface area contributed by atoms with E-state index >= 15 is 0 Å². The van der Waals surface area contributed by atoms with Crippen molar-refractivity contribution in [2.45, 2.75) is 25.8 Å². The van der Waals surface area contributed by atoms with Crippen LogP contribution in [-0.2, 0) is 24.6 Å². The first kappa shape index (κ1) is 21.3. The van der Waals surface area contributed by atoms with Gasteiger partial charge in [-0.2, -0.15) is 11.8 Å². The fourth-order valence-corrected chi connectivity index (χ4v) is 5.64. The molecule has 0 spiro atoms. The SMILES string of the molecule is CCOC(=O)C[C@H]1CSC[C@]1(C(=O)OCC)n1cnc2c(-c3ccccc3)ncnc21. The summed E-state index contributed by atoms with van der Waals surface area (Å²) in [4.78, 5) is 39.1. The predicted octanol–water partition coefficient (Wildman–Crippen LogP) is 3.07. The van der Waals surface area contributed by atoms with Crippen LogP contribution in [0.1, 0.15) is 20.3 Å². The van der Waals surface area contributed by atoms with Gasteiger partial charge >= 0.3 is 11.9 Å². The number of hydrogen-bond donors (Lipinski definition) is 0. The van der Waals surface area contributed by atoms with E-state index in [-0.39, 0.29) is 30.9 Å².